The molecule has 1 heterocycles. The minimum Gasteiger partial charge on any atom is -0.468 e. The lowest BCUT2D eigenvalue weighted by molar-refractivity contribution is -0.154. The minimum absolute atomic E-state index is 0. The summed E-state index contributed by atoms with van der Waals surface area (Å²) >= 11 is 0. The largest absolute Gasteiger partial charge is 0.468 e. The molecule has 0 bridgehead atoms. The Bertz CT molecular complexity index is 566. The van der Waals surface area contributed by atoms with Crippen LogP contribution in [0.3, 0.4) is 0 Å². The number of hydrogen-bond donors (Lipinski definition) is 1. The average molecular weight is 364 g/mol. The van der Waals surface area contributed by atoms with E-state index in [-0.39, 0.29) is 29.7 Å². The Morgan fingerprint density at radius 3 is 2.41 bits per heavy atom. The molecule has 0 aliphatic carbocycles. The Morgan fingerprint density at radius 2 is 2.00 bits per heavy atom. The van der Waals surface area contributed by atoms with E-state index >= 15 is 0 Å². The molecule has 1 unspecified atom stereocenters. The number of aromatic nitrogens is 1. The molecule has 1 rings (SSSR count). The van der Waals surface area contributed by atoms with Gasteiger partial charge in [-0.25, -0.2) is 13.4 Å². The van der Waals surface area contributed by atoms with E-state index in [0.29, 0.717) is 0 Å². The summed E-state index contributed by atoms with van der Waals surface area (Å²) in [5, 5.41) is 0. The highest BCUT2D eigenvalue weighted by Gasteiger charge is 2.29. The maximum absolute atomic E-state index is 12.2. The lowest BCUT2D eigenvalue weighted by atomic mass is 10.4. The molecule has 2 N–H and O–H groups in total. The van der Waals surface area contributed by atoms with Gasteiger partial charge in [0.15, 0.2) is 6.61 Å². The van der Waals surface area contributed by atoms with Crippen LogP contribution in [0, 0.1) is 0 Å². The van der Waals surface area contributed by atoms with Crippen LogP contribution in [-0.4, -0.2) is 50.1 Å². The maximum Gasteiger partial charge on any atom is 0.422 e. The van der Waals surface area contributed by atoms with Crippen molar-refractivity contribution in [3.63, 3.8) is 0 Å². The first-order valence-corrected chi connectivity index (χ1v) is 7.35. The number of halogens is 4. The molecular weight excluding hydrogens is 347 g/mol. The smallest absolute Gasteiger partial charge is 0.422 e. The van der Waals surface area contributed by atoms with Gasteiger partial charge in [0, 0.05) is 25.7 Å². The van der Waals surface area contributed by atoms with Crippen LogP contribution >= 0.6 is 12.4 Å². The molecule has 1 aromatic heterocycles. The Balaban J connectivity index is 0.00000441. The molecule has 0 aliphatic rings. The Labute approximate surface area is 132 Å². The van der Waals surface area contributed by atoms with Crippen LogP contribution in [0.25, 0.3) is 0 Å². The fourth-order valence-corrected chi connectivity index (χ4v) is 2.63. The van der Waals surface area contributed by atoms with Crippen LogP contribution in [0.4, 0.5) is 13.2 Å². The van der Waals surface area contributed by atoms with E-state index in [4.69, 9.17) is 5.73 Å². The summed E-state index contributed by atoms with van der Waals surface area (Å²) in [4.78, 5) is 3.41. The van der Waals surface area contributed by atoms with Crippen molar-refractivity contribution in [2.24, 2.45) is 5.73 Å². The molecule has 0 saturated carbocycles. The third-order valence-corrected chi connectivity index (χ3v) is 4.69. The van der Waals surface area contributed by atoms with Gasteiger partial charge in [0.25, 0.3) is 0 Å². The van der Waals surface area contributed by atoms with Gasteiger partial charge in [-0.15, -0.1) is 12.4 Å². The van der Waals surface area contributed by atoms with Crippen molar-refractivity contribution < 1.29 is 26.3 Å². The van der Waals surface area contributed by atoms with E-state index in [1.54, 1.807) is 6.92 Å². The number of pyridine rings is 1. The maximum atomic E-state index is 12.2. The lowest BCUT2D eigenvalue weighted by Gasteiger charge is -2.22. The summed E-state index contributed by atoms with van der Waals surface area (Å²) in [7, 11) is -2.44. The molecule has 0 fully saturated rings. The zero-order valence-corrected chi connectivity index (χ0v) is 13.5. The fourth-order valence-electron chi connectivity index (χ4n) is 1.31. The van der Waals surface area contributed by atoms with Gasteiger partial charge in [-0.1, -0.05) is 0 Å². The van der Waals surface area contributed by atoms with Gasteiger partial charge in [0.1, 0.15) is 4.90 Å². The highest BCUT2D eigenvalue weighted by atomic mass is 35.5. The zero-order chi connectivity index (χ0) is 16.3. The van der Waals surface area contributed by atoms with Crippen LogP contribution < -0.4 is 10.5 Å². The van der Waals surface area contributed by atoms with Gasteiger partial charge < -0.3 is 10.5 Å². The number of hydrogen-bond acceptors (Lipinski definition) is 5. The first kappa shape index (κ1) is 20.9. The van der Waals surface area contributed by atoms with E-state index in [1.165, 1.54) is 7.05 Å². The SMILES string of the molecule is CC(CN)N(C)S(=O)(=O)c1ccc(OCC(F)(F)F)nc1.Cl. The van der Waals surface area contributed by atoms with E-state index < -0.39 is 28.8 Å². The highest BCUT2D eigenvalue weighted by Crippen LogP contribution is 2.20. The number of alkyl halides is 3. The second kappa shape index (κ2) is 7.95. The standard InChI is InChI=1S/C11H16F3N3O3S.ClH/c1-8(5-15)17(2)21(18,19)9-3-4-10(16-6-9)20-7-11(12,13)14;/h3-4,6,8H,5,7,15H2,1-2H3;1H. The van der Waals surface area contributed by atoms with Crippen molar-refractivity contribution in [1.82, 2.24) is 9.29 Å². The fraction of sp³-hybridized carbons (Fsp3) is 0.545. The summed E-state index contributed by atoms with van der Waals surface area (Å²) in [6.45, 7) is 0.276. The van der Waals surface area contributed by atoms with Gasteiger partial charge in [0.2, 0.25) is 15.9 Å². The molecule has 22 heavy (non-hydrogen) atoms. The normalized spacial score (nSPS) is 13.6. The van der Waals surface area contributed by atoms with Gasteiger partial charge in [-0.2, -0.15) is 17.5 Å². The van der Waals surface area contributed by atoms with Crippen molar-refractivity contribution in [2.45, 2.75) is 24.0 Å². The lowest BCUT2D eigenvalue weighted by Crippen LogP contribution is -2.39. The summed E-state index contributed by atoms with van der Waals surface area (Å²) < 4.78 is 65.7. The van der Waals surface area contributed by atoms with Crippen molar-refractivity contribution in [3.8, 4) is 5.88 Å². The number of nitrogens with two attached hydrogens (primary N) is 1. The molecule has 11 heteroatoms. The molecule has 1 aromatic rings. The van der Waals surface area contributed by atoms with Gasteiger partial charge in [-0.05, 0) is 13.0 Å². The molecule has 0 saturated heterocycles. The number of rotatable bonds is 6. The first-order valence-electron chi connectivity index (χ1n) is 5.91. The molecule has 0 spiro atoms. The molecule has 1 atom stereocenters. The average Bonchev–Trinajstić information content (AvgIpc) is 2.43. The van der Waals surface area contributed by atoms with Crippen molar-refractivity contribution in [3.05, 3.63) is 18.3 Å². The molecule has 6 nitrogen and oxygen atoms in total. The zero-order valence-electron chi connectivity index (χ0n) is 11.9. The molecule has 128 valence electrons. The minimum atomic E-state index is -4.48. The third-order valence-electron chi connectivity index (χ3n) is 2.73. The predicted molar refractivity (Wildman–Crippen MR) is 76.5 cm³/mol. The predicted octanol–water partition coefficient (Wildman–Crippen LogP) is 1.41. The summed E-state index contributed by atoms with van der Waals surface area (Å²) in [6.07, 6.45) is -3.54. The topological polar surface area (TPSA) is 85.5 Å². The Kier molecular flexibility index (Phi) is 7.55. The monoisotopic (exact) mass is 363 g/mol. The third kappa shape index (κ3) is 5.59. The van der Waals surface area contributed by atoms with Crippen LogP contribution in [0.1, 0.15) is 6.92 Å². The molecule has 0 radical (unpaired) electrons. The number of sulfonamides is 1. The van der Waals surface area contributed by atoms with Crippen LogP contribution in [0.2, 0.25) is 0 Å². The van der Waals surface area contributed by atoms with Gasteiger partial charge >= 0.3 is 6.18 Å². The molecular formula is C11H17ClF3N3O3S. The number of nitrogens with zero attached hydrogens (tertiary/aromatic N) is 2. The van der Waals surface area contributed by atoms with Crippen LogP contribution in [-0.2, 0) is 10.0 Å². The van der Waals surface area contributed by atoms with Crippen molar-refractivity contribution in [2.75, 3.05) is 20.2 Å². The number of likely N-dealkylation sites (N-methyl/N-ethyl adjacent to an activating group) is 1. The molecule has 0 aliphatic heterocycles. The quantitative estimate of drug-likeness (QED) is 0.826. The van der Waals surface area contributed by atoms with Crippen LogP contribution in [0.15, 0.2) is 23.2 Å². The Hall–Kier alpha value is -1.10. The summed E-state index contributed by atoms with van der Waals surface area (Å²) in [6, 6.07) is 1.78. The summed E-state index contributed by atoms with van der Waals surface area (Å²) in [5.41, 5.74) is 5.40. The highest BCUT2D eigenvalue weighted by molar-refractivity contribution is 7.89. The van der Waals surface area contributed by atoms with Crippen molar-refractivity contribution in [1.29, 1.82) is 0 Å². The van der Waals surface area contributed by atoms with E-state index in [1.807, 2.05) is 0 Å². The second-order valence-corrected chi connectivity index (χ2v) is 6.34. The second-order valence-electron chi connectivity index (χ2n) is 4.34. The van der Waals surface area contributed by atoms with E-state index in [0.717, 1.165) is 22.6 Å². The van der Waals surface area contributed by atoms with Crippen LogP contribution in [0.5, 0.6) is 5.88 Å². The van der Waals surface area contributed by atoms with Crippen molar-refractivity contribution >= 4 is 22.4 Å². The number of ether oxygens (including phenoxy) is 1. The van der Waals surface area contributed by atoms with E-state index in [9.17, 15) is 21.6 Å². The molecule has 0 aromatic carbocycles. The van der Waals surface area contributed by atoms with Gasteiger partial charge in [-0.3, -0.25) is 0 Å². The Morgan fingerprint density at radius 1 is 1.41 bits per heavy atom. The van der Waals surface area contributed by atoms with E-state index in [2.05, 4.69) is 9.72 Å². The summed E-state index contributed by atoms with van der Waals surface area (Å²) in [5.74, 6) is -0.305. The molecule has 0 amide bonds. The first-order chi connectivity index (χ1) is 9.58. The van der Waals surface area contributed by atoms with Gasteiger partial charge in [0.05, 0.1) is 6.20 Å².